The molecule has 130 valence electrons. The van der Waals surface area contributed by atoms with E-state index in [-0.39, 0.29) is 5.88 Å². The molecular weight excluding hydrogens is 306 g/mol. The fourth-order valence-electron chi connectivity index (χ4n) is 2.69. The van der Waals surface area contributed by atoms with Crippen LogP contribution in [0.3, 0.4) is 0 Å². The molecule has 1 aromatic carbocycles. The molecule has 0 amide bonds. The lowest BCUT2D eigenvalue weighted by Crippen LogP contribution is -2.45. The van der Waals surface area contributed by atoms with Gasteiger partial charge in [-0.1, -0.05) is 31.5 Å². The smallest absolute Gasteiger partial charge is 0.404 e. The van der Waals surface area contributed by atoms with Crippen LogP contribution in [0.1, 0.15) is 25.2 Å². The molecule has 24 heavy (non-hydrogen) atoms. The molecule has 2 heterocycles. The Labute approximate surface area is 142 Å². The van der Waals surface area contributed by atoms with Crippen molar-refractivity contribution in [2.24, 2.45) is 0 Å². The van der Waals surface area contributed by atoms with Crippen molar-refractivity contribution < 1.29 is 9.34 Å². The average Bonchev–Trinajstić information content (AvgIpc) is 3.07. The zero-order valence-electron chi connectivity index (χ0n) is 14.6. The third-order valence-corrected chi connectivity index (χ3v) is 3.98. The Morgan fingerprint density at radius 3 is 2.21 bits per heavy atom. The Bertz CT molecular complexity index is 644. The van der Waals surface area contributed by atoms with Crippen LogP contribution in [-0.4, -0.2) is 36.0 Å². The Morgan fingerprint density at radius 2 is 1.67 bits per heavy atom. The Morgan fingerprint density at radius 1 is 1.04 bits per heavy atom. The van der Waals surface area contributed by atoms with Gasteiger partial charge in [-0.3, -0.25) is 15.0 Å². The number of furan rings is 1. The monoisotopic (exact) mass is 331 g/mol. The largest absolute Gasteiger partial charge is 0.433 e. The summed E-state index contributed by atoms with van der Waals surface area (Å²) in [6, 6.07) is 11.7. The summed E-state index contributed by atoms with van der Waals surface area (Å²) >= 11 is 0. The highest BCUT2D eigenvalue weighted by atomic mass is 16.6. The zero-order valence-corrected chi connectivity index (χ0v) is 14.6. The quantitative estimate of drug-likeness (QED) is 0.629. The first-order valence-electron chi connectivity index (χ1n) is 8.39. The molecule has 0 unspecified atom stereocenters. The number of hydrogen-bond acceptors (Lipinski definition) is 5. The van der Waals surface area contributed by atoms with Gasteiger partial charge in [0.1, 0.15) is 10.7 Å². The van der Waals surface area contributed by atoms with Gasteiger partial charge in [-0.25, -0.2) is 0 Å². The zero-order chi connectivity index (χ0) is 17.5. The number of aryl methyl sites for hydroxylation is 1. The lowest BCUT2D eigenvalue weighted by Gasteiger charge is -2.35. The standard InChI is InChI=1S/C16H19N3O3.C2H6/c1-13-2-4-14(5-3-13)18-10-8-17(9-11-18)12-15-6-7-16(22-15)19(20)21;1-2/h2-7H,8-12H2,1H3;1-2H3. The van der Waals surface area contributed by atoms with E-state index in [0.717, 1.165) is 26.2 Å². The van der Waals surface area contributed by atoms with E-state index in [1.807, 2.05) is 13.8 Å². The molecule has 1 saturated heterocycles. The van der Waals surface area contributed by atoms with Gasteiger partial charge >= 0.3 is 5.88 Å². The van der Waals surface area contributed by atoms with Crippen LogP contribution in [0.5, 0.6) is 0 Å². The average molecular weight is 331 g/mol. The van der Waals surface area contributed by atoms with E-state index >= 15 is 0 Å². The fraction of sp³-hybridized carbons (Fsp3) is 0.444. The van der Waals surface area contributed by atoms with E-state index in [4.69, 9.17) is 4.42 Å². The highest BCUT2D eigenvalue weighted by Crippen LogP contribution is 2.20. The number of nitrogens with zero attached hydrogens (tertiary/aromatic N) is 3. The summed E-state index contributed by atoms with van der Waals surface area (Å²) in [4.78, 5) is 14.7. The van der Waals surface area contributed by atoms with Crippen molar-refractivity contribution in [2.45, 2.75) is 27.3 Å². The first-order valence-corrected chi connectivity index (χ1v) is 8.39. The maximum Gasteiger partial charge on any atom is 0.433 e. The van der Waals surface area contributed by atoms with Crippen molar-refractivity contribution in [3.05, 3.63) is 57.8 Å². The number of anilines is 1. The van der Waals surface area contributed by atoms with Gasteiger partial charge in [-0.2, -0.15) is 0 Å². The molecule has 1 fully saturated rings. The van der Waals surface area contributed by atoms with Crippen LogP contribution in [0.15, 0.2) is 40.8 Å². The van der Waals surface area contributed by atoms with Crippen molar-refractivity contribution in [1.29, 1.82) is 0 Å². The van der Waals surface area contributed by atoms with Gasteiger partial charge in [0, 0.05) is 31.9 Å². The second-order valence-electron chi connectivity index (χ2n) is 5.60. The normalized spacial score (nSPS) is 14.9. The number of piperazine rings is 1. The molecule has 0 saturated carbocycles. The molecule has 0 aliphatic carbocycles. The summed E-state index contributed by atoms with van der Waals surface area (Å²) in [6.45, 7) is 10.4. The van der Waals surface area contributed by atoms with Crippen molar-refractivity contribution in [3.8, 4) is 0 Å². The fourth-order valence-corrected chi connectivity index (χ4v) is 2.69. The molecule has 6 heteroatoms. The van der Waals surface area contributed by atoms with E-state index in [0.29, 0.717) is 12.3 Å². The van der Waals surface area contributed by atoms with E-state index in [1.165, 1.54) is 17.3 Å². The summed E-state index contributed by atoms with van der Waals surface area (Å²) in [5.74, 6) is 0.462. The van der Waals surface area contributed by atoms with Crippen LogP contribution >= 0.6 is 0 Å². The van der Waals surface area contributed by atoms with Crippen LogP contribution < -0.4 is 4.90 Å². The van der Waals surface area contributed by atoms with Gasteiger partial charge in [0.25, 0.3) is 0 Å². The molecule has 0 spiro atoms. The molecule has 0 bridgehead atoms. The minimum Gasteiger partial charge on any atom is -0.404 e. The number of hydrogen-bond donors (Lipinski definition) is 0. The first-order chi connectivity index (χ1) is 11.6. The Kier molecular flexibility index (Phi) is 6.37. The molecule has 1 aliphatic rings. The number of benzene rings is 1. The molecule has 3 rings (SSSR count). The van der Waals surface area contributed by atoms with Gasteiger partial charge in [0.15, 0.2) is 0 Å². The minimum atomic E-state index is -0.501. The molecular formula is C18H25N3O3. The molecule has 0 N–H and O–H groups in total. The number of nitro groups is 1. The van der Waals surface area contributed by atoms with E-state index in [2.05, 4.69) is 41.0 Å². The Hall–Kier alpha value is -2.34. The van der Waals surface area contributed by atoms with Crippen molar-refractivity contribution in [3.63, 3.8) is 0 Å². The van der Waals surface area contributed by atoms with Gasteiger partial charge in [-0.05, 0) is 25.1 Å². The molecule has 2 aromatic rings. The first kappa shape index (κ1) is 18.0. The molecule has 0 radical (unpaired) electrons. The van der Waals surface area contributed by atoms with Crippen molar-refractivity contribution >= 4 is 11.6 Å². The topological polar surface area (TPSA) is 62.8 Å². The number of rotatable bonds is 4. The van der Waals surface area contributed by atoms with Gasteiger partial charge in [-0.15, -0.1) is 0 Å². The van der Waals surface area contributed by atoms with Gasteiger partial charge in [0.2, 0.25) is 0 Å². The molecule has 0 atom stereocenters. The summed E-state index contributed by atoms with van der Waals surface area (Å²) in [6.07, 6.45) is 0. The Balaban J connectivity index is 0.00000100. The van der Waals surface area contributed by atoms with Crippen LogP contribution in [0.4, 0.5) is 11.6 Å². The highest BCUT2D eigenvalue weighted by Gasteiger charge is 2.19. The van der Waals surface area contributed by atoms with E-state index in [9.17, 15) is 10.1 Å². The van der Waals surface area contributed by atoms with Crippen molar-refractivity contribution in [1.82, 2.24) is 4.90 Å². The molecule has 6 nitrogen and oxygen atoms in total. The predicted molar refractivity (Wildman–Crippen MR) is 95.4 cm³/mol. The van der Waals surface area contributed by atoms with Crippen LogP contribution in [0.25, 0.3) is 0 Å². The maximum atomic E-state index is 10.6. The van der Waals surface area contributed by atoms with Gasteiger partial charge < -0.3 is 9.32 Å². The van der Waals surface area contributed by atoms with E-state index < -0.39 is 4.92 Å². The third-order valence-electron chi connectivity index (χ3n) is 3.98. The highest BCUT2D eigenvalue weighted by molar-refractivity contribution is 5.47. The maximum absolute atomic E-state index is 10.6. The lowest BCUT2D eigenvalue weighted by atomic mass is 10.2. The second-order valence-corrected chi connectivity index (χ2v) is 5.60. The molecule has 1 aromatic heterocycles. The van der Waals surface area contributed by atoms with Crippen LogP contribution in [0.2, 0.25) is 0 Å². The van der Waals surface area contributed by atoms with Crippen molar-refractivity contribution in [2.75, 3.05) is 31.1 Å². The third kappa shape index (κ3) is 4.58. The minimum absolute atomic E-state index is 0.187. The van der Waals surface area contributed by atoms with Crippen LogP contribution in [0, 0.1) is 17.0 Å². The lowest BCUT2D eigenvalue weighted by molar-refractivity contribution is -0.402. The van der Waals surface area contributed by atoms with Gasteiger partial charge in [0.05, 0.1) is 12.6 Å². The van der Waals surface area contributed by atoms with Crippen LogP contribution in [-0.2, 0) is 6.54 Å². The summed E-state index contributed by atoms with van der Waals surface area (Å²) in [5.41, 5.74) is 2.51. The second kappa shape index (κ2) is 8.49. The SMILES string of the molecule is CC.Cc1ccc(N2CCN(Cc3ccc([N+](=O)[O-])o3)CC2)cc1. The van der Waals surface area contributed by atoms with E-state index in [1.54, 1.807) is 6.07 Å². The predicted octanol–water partition coefficient (Wildman–Crippen LogP) is 3.84. The summed E-state index contributed by atoms with van der Waals surface area (Å²) in [5, 5.41) is 10.6. The molecule has 1 aliphatic heterocycles. The summed E-state index contributed by atoms with van der Waals surface area (Å²) in [7, 11) is 0. The summed E-state index contributed by atoms with van der Waals surface area (Å²) < 4.78 is 5.22.